The van der Waals surface area contributed by atoms with Gasteiger partial charge in [-0.25, -0.2) is 0 Å². The number of aliphatic hydroxyl groups is 1. The Labute approximate surface area is 141 Å². The number of halogens is 3. The van der Waals surface area contributed by atoms with Gasteiger partial charge in [0, 0.05) is 22.7 Å². The molecule has 2 aromatic rings. The van der Waals surface area contributed by atoms with Crippen molar-refractivity contribution in [2.75, 3.05) is 0 Å². The maximum Gasteiger partial charge on any atom is 0.271 e. The SMILES string of the molecule is O=[N+]([O-])c1cc(Br)c(Oc2cccc(Cl)c2CO)c(Br)c1. The molecule has 110 valence electrons. The van der Waals surface area contributed by atoms with E-state index in [1.165, 1.54) is 12.1 Å². The van der Waals surface area contributed by atoms with Crippen LogP contribution >= 0.6 is 43.5 Å². The summed E-state index contributed by atoms with van der Waals surface area (Å²) in [6, 6.07) is 7.65. The molecule has 0 aliphatic heterocycles. The van der Waals surface area contributed by atoms with Crippen molar-refractivity contribution in [3.05, 3.63) is 60.0 Å². The van der Waals surface area contributed by atoms with Crippen LogP contribution in [0.4, 0.5) is 5.69 Å². The average Bonchev–Trinajstić information content (AvgIpc) is 2.42. The Kier molecular flexibility index (Phi) is 5.21. The Morgan fingerprint density at radius 2 is 1.90 bits per heavy atom. The molecule has 0 saturated heterocycles. The molecule has 0 fully saturated rings. The van der Waals surface area contributed by atoms with Gasteiger partial charge in [-0.15, -0.1) is 0 Å². The number of non-ortho nitro benzene ring substituents is 1. The third-order valence-corrected chi connectivity index (χ3v) is 4.17. The second-order valence-electron chi connectivity index (χ2n) is 3.97. The van der Waals surface area contributed by atoms with Gasteiger partial charge in [0.05, 0.1) is 20.5 Å². The second-order valence-corrected chi connectivity index (χ2v) is 6.09. The first-order chi connectivity index (χ1) is 9.93. The molecule has 0 aliphatic rings. The Balaban J connectivity index is 2.45. The molecule has 0 heterocycles. The van der Waals surface area contributed by atoms with Crippen LogP contribution in [0.1, 0.15) is 5.56 Å². The zero-order chi connectivity index (χ0) is 15.6. The molecule has 0 aromatic heterocycles. The molecule has 0 bridgehead atoms. The second kappa shape index (κ2) is 6.74. The lowest BCUT2D eigenvalue weighted by atomic mass is 10.2. The number of rotatable bonds is 4. The standard InChI is InChI=1S/C13H8Br2ClNO4/c14-9-4-7(17(19)20)5-10(15)13(9)21-12-3-1-2-11(16)8(12)6-18/h1-5,18H,6H2. The van der Waals surface area contributed by atoms with Crippen molar-refractivity contribution in [2.24, 2.45) is 0 Å². The number of nitrogens with zero attached hydrogens (tertiary/aromatic N) is 1. The summed E-state index contributed by atoms with van der Waals surface area (Å²) in [5.74, 6) is 0.734. The highest BCUT2D eigenvalue weighted by Gasteiger charge is 2.17. The average molecular weight is 437 g/mol. The van der Waals surface area contributed by atoms with Crippen LogP contribution in [0.3, 0.4) is 0 Å². The Bertz CT molecular complexity index is 686. The van der Waals surface area contributed by atoms with Crippen LogP contribution in [-0.2, 0) is 6.61 Å². The van der Waals surface area contributed by atoms with Gasteiger partial charge >= 0.3 is 0 Å². The highest BCUT2D eigenvalue weighted by molar-refractivity contribution is 9.11. The monoisotopic (exact) mass is 435 g/mol. The van der Waals surface area contributed by atoms with Gasteiger partial charge in [-0.1, -0.05) is 17.7 Å². The summed E-state index contributed by atoms with van der Waals surface area (Å²) >= 11 is 12.5. The smallest absolute Gasteiger partial charge is 0.271 e. The molecular formula is C13H8Br2ClNO4. The summed E-state index contributed by atoms with van der Waals surface area (Å²) in [7, 11) is 0. The fraction of sp³-hybridized carbons (Fsp3) is 0.0769. The molecule has 0 unspecified atom stereocenters. The molecule has 2 aromatic carbocycles. The molecule has 0 aliphatic carbocycles. The minimum absolute atomic E-state index is 0.0745. The Morgan fingerprint density at radius 3 is 2.43 bits per heavy atom. The fourth-order valence-electron chi connectivity index (χ4n) is 1.65. The number of hydrogen-bond acceptors (Lipinski definition) is 4. The van der Waals surface area contributed by atoms with Crippen LogP contribution in [0, 0.1) is 10.1 Å². The summed E-state index contributed by atoms with van der Waals surface area (Å²) in [4.78, 5) is 10.3. The van der Waals surface area contributed by atoms with Crippen LogP contribution < -0.4 is 4.74 Å². The van der Waals surface area contributed by atoms with E-state index in [0.717, 1.165) is 0 Å². The number of nitro groups is 1. The van der Waals surface area contributed by atoms with E-state index in [9.17, 15) is 15.2 Å². The van der Waals surface area contributed by atoms with E-state index in [2.05, 4.69) is 31.9 Å². The molecule has 0 atom stereocenters. The molecule has 0 radical (unpaired) electrons. The van der Waals surface area contributed by atoms with E-state index >= 15 is 0 Å². The van der Waals surface area contributed by atoms with E-state index < -0.39 is 4.92 Å². The summed E-state index contributed by atoms with van der Waals surface area (Å²) in [6.45, 7) is -0.281. The molecule has 0 spiro atoms. The quantitative estimate of drug-likeness (QED) is 0.536. The highest BCUT2D eigenvalue weighted by Crippen LogP contribution is 2.41. The number of aliphatic hydroxyl groups excluding tert-OH is 1. The summed E-state index contributed by atoms with van der Waals surface area (Å²) in [6.07, 6.45) is 0. The third-order valence-electron chi connectivity index (χ3n) is 2.64. The number of benzene rings is 2. The first-order valence-electron chi connectivity index (χ1n) is 5.63. The van der Waals surface area contributed by atoms with E-state index in [1.54, 1.807) is 18.2 Å². The van der Waals surface area contributed by atoms with Crippen LogP contribution in [0.25, 0.3) is 0 Å². The Hall–Kier alpha value is -1.15. The van der Waals surface area contributed by atoms with Crippen LogP contribution in [0.15, 0.2) is 39.3 Å². The van der Waals surface area contributed by atoms with E-state index in [0.29, 0.717) is 31.0 Å². The first kappa shape index (κ1) is 16.2. The maximum absolute atomic E-state index is 10.8. The summed E-state index contributed by atoms with van der Waals surface area (Å²) in [5, 5.41) is 20.5. The predicted molar refractivity (Wildman–Crippen MR) is 85.9 cm³/mol. The van der Waals surface area contributed by atoms with Crippen molar-refractivity contribution in [1.82, 2.24) is 0 Å². The van der Waals surface area contributed by atoms with E-state index in [-0.39, 0.29) is 12.3 Å². The third kappa shape index (κ3) is 3.55. The van der Waals surface area contributed by atoms with Gasteiger partial charge in [-0.05, 0) is 44.0 Å². The minimum atomic E-state index is -0.502. The van der Waals surface area contributed by atoms with Gasteiger partial charge in [0.2, 0.25) is 0 Å². The van der Waals surface area contributed by atoms with Crippen molar-refractivity contribution < 1.29 is 14.8 Å². The minimum Gasteiger partial charge on any atom is -0.455 e. The molecule has 1 N–H and O–H groups in total. The molecule has 5 nitrogen and oxygen atoms in total. The van der Waals surface area contributed by atoms with Gasteiger partial charge in [0.15, 0.2) is 5.75 Å². The Morgan fingerprint density at radius 1 is 1.29 bits per heavy atom. The van der Waals surface area contributed by atoms with Crippen molar-refractivity contribution in [3.8, 4) is 11.5 Å². The van der Waals surface area contributed by atoms with Crippen LogP contribution in [0.5, 0.6) is 11.5 Å². The lowest BCUT2D eigenvalue weighted by Gasteiger charge is -2.13. The largest absolute Gasteiger partial charge is 0.455 e. The molecule has 0 amide bonds. The zero-order valence-corrected chi connectivity index (χ0v) is 14.3. The maximum atomic E-state index is 10.8. The zero-order valence-electron chi connectivity index (χ0n) is 10.3. The van der Waals surface area contributed by atoms with E-state index in [1.807, 2.05) is 0 Å². The summed E-state index contributed by atoms with van der Waals surface area (Å²) in [5.41, 5.74) is 0.367. The number of hydrogen-bond donors (Lipinski definition) is 1. The van der Waals surface area contributed by atoms with Gasteiger partial charge < -0.3 is 9.84 Å². The topological polar surface area (TPSA) is 72.6 Å². The van der Waals surface area contributed by atoms with Crippen LogP contribution in [-0.4, -0.2) is 10.0 Å². The molecule has 8 heteroatoms. The highest BCUT2D eigenvalue weighted by atomic mass is 79.9. The van der Waals surface area contributed by atoms with Gasteiger partial charge in [0.1, 0.15) is 5.75 Å². The molecule has 2 rings (SSSR count). The van der Waals surface area contributed by atoms with Crippen LogP contribution in [0.2, 0.25) is 5.02 Å². The fourth-order valence-corrected chi connectivity index (χ4v) is 3.20. The van der Waals surface area contributed by atoms with Crippen molar-refractivity contribution in [3.63, 3.8) is 0 Å². The van der Waals surface area contributed by atoms with Crippen molar-refractivity contribution in [2.45, 2.75) is 6.61 Å². The predicted octanol–water partition coefficient (Wildman–Crippen LogP) is 5.06. The van der Waals surface area contributed by atoms with Gasteiger partial charge in [0.25, 0.3) is 5.69 Å². The van der Waals surface area contributed by atoms with Gasteiger partial charge in [-0.3, -0.25) is 10.1 Å². The number of ether oxygens (including phenoxy) is 1. The summed E-state index contributed by atoms with van der Waals surface area (Å²) < 4.78 is 6.54. The normalized spacial score (nSPS) is 10.5. The molecular weight excluding hydrogens is 429 g/mol. The first-order valence-corrected chi connectivity index (χ1v) is 7.60. The lowest BCUT2D eigenvalue weighted by molar-refractivity contribution is -0.385. The van der Waals surface area contributed by atoms with Crippen molar-refractivity contribution >= 4 is 49.1 Å². The van der Waals surface area contributed by atoms with E-state index in [4.69, 9.17) is 16.3 Å². The molecule has 0 saturated carbocycles. The molecule has 21 heavy (non-hydrogen) atoms. The lowest BCUT2D eigenvalue weighted by Crippen LogP contribution is -1.95. The van der Waals surface area contributed by atoms with Gasteiger partial charge in [-0.2, -0.15) is 0 Å². The number of nitro benzene ring substituents is 1. The van der Waals surface area contributed by atoms with Crippen molar-refractivity contribution in [1.29, 1.82) is 0 Å².